The SMILES string of the molecule is C=Cn1ccnc1-c1cc(C)n[nH]c1=O. The highest BCUT2D eigenvalue weighted by Gasteiger charge is 2.08. The molecule has 0 aromatic carbocycles. The number of aromatic amines is 1. The van der Waals surface area contributed by atoms with Gasteiger partial charge in [-0.25, -0.2) is 10.1 Å². The molecule has 0 bridgehead atoms. The highest BCUT2D eigenvalue weighted by atomic mass is 16.1. The lowest BCUT2D eigenvalue weighted by molar-refractivity contribution is 0.942. The lowest BCUT2D eigenvalue weighted by Crippen LogP contribution is -2.13. The van der Waals surface area contributed by atoms with Gasteiger partial charge in [0.1, 0.15) is 5.82 Å². The number of hydrogen-bond donors (Lipinski definition) is 1. The van der Waals surface area contributed by atoms with Crippen molar-refractivity contribution in [3.8, 4) is 11.4 Å². The maximum absolute atomic E-state index is 11.5. The largest absolute Gasteiger partial charge is 0.307 e. The molecule has 0 aliphatic heterocycles. The Hall–Kier alpha value is -2.17. The quantitative estimate of drug-likeness (QED) is 0.791. The van der Waals surface area contributed by atoms with Crippen LogP contribution in [0.25, 0.3) is 17.6 Å². The summed E-state index contributed by atoms with van der Waals surface area (Å²) >= 11 is 0. The van der Waals surface area contributed by atoms with Gasteiger partial charge in [-0.1, -0.05) is 6.58 Å². The van der Waals surface area contributed by atoms with Crippen LogP contribution >= 0.6 is 0 Å². The molecule has 5 heteroatoms. The summed E-state index contributed by atoms with van der Waals surface area (Å²) in [6.07, 6.45) is 4.95. The van der Waals surface area contributed by atoms with Gasteiger partial charge in [0.05, 0.1) is 11.3 Å². The number of aryl methyl sites for hydroxylation is 1. The number of aromatic nitrogens is 4. The van der Waals surface area contributed by atoms with Crippen molar-refractivity contribution in [2.45, 2.75) is 6.92 Å². The molecule has 0 fully saturated rings. The van der Waals surface area contributed by atoms with E-state index in [0.717, 1.165) is 5.69 Å². The van der Waals surface area contributed by atoms with Crippen LogP contribution in [0.5, 0.6) is 0 Å². The Morgan fingerprint density at radius 2 is 2.40 bits per heavy atom. The summed E-state index contributed by atoms with van der Waals surface area (Å²) in [5.41, 5.74) is 0.977. The lowest BCUT2D eigenvalue weighted by atomic mass is 10.2. The van der Waals surface area contributed by atoms with Gasteiger partial charge in [0.2, 0.25) is 0 Å². The van der Waals surface area contributed by atoms with Crippen LogP contribution in [0.15, 0.2) is 29.8 Å². The van der Waals surface area contributed by atoms with Gasteiger partial charge in [-0.05, 0) is 13.0 Å². The molecule has 2 heterocycles. The molecule has 0 saturated heterocycles. The zero-order valence-corrected chi connectivity index (χ0v) is 8.27. The van der Waals surface area contributed by atoms with Gasteiger partial charge < -0.3 is 4.57 Å². The van der Waals surface area contributed by atoms with E-state index in [2.05, 4.69) is 21.8 Å². The van der Waals surface area contributed by atoms with Crippen molar-refractivity contribution in [3.63, 3.8) is 0 Å². The fraction of sp³-hybridized carbons (Fsp3) is 0.100. The van der Waals surface area contributed by atoms with Crippen molar-refractivity contribution in [3.05, 3.63) is 41.1 Å². The second-order valence-corrected chi connectivity index (χ2v) is 3.09. The third-order valence-electron chi connectivity index (χ3n) is 2.04. The average molecular weight is 202 g/mol. The predicted molar refractivity (Wildman–Crippen MR) is 57.2 cm³/mol. The van der Waals surface area contributed by atoms with Crippen molar-refractivity contribution in [1.29, 1.82) is 0 Å². The molecular formula is C10H10N4O. The highest BCUT2D eigenvalue weighted by Crippen LogP contribution is 2.12. The maximum atomic E-state index is 11.5. The van der Waals surface area contributed by atoms with E-state index < -0.39 is 0 Å². The van der Waals surface area contributed by atoms with Crippen LogP contribution in [-0.4, -0.2) is 19.7 Å². The van der Waals surface area contributed by atoms with Crippen molar-refractivity contribution in [2.24, 2.45) is 0 Å². The second kappa shape index (κ2) is 3.53. The van der Waals surface area contributed by atoms with E-state index in [1.54, 1.807) is 36.2 Å². The van der Waals surface area contributed by atoms with E-state index in [9.17, 15) is 4.79 Å². The van der Waals surface area contributed by atoms with Gasteiger partial charge in [0.25, 0.3) is 5.56 Å². The third-order valence-corrected chi connectivity index (χ3v) is 2.04. The topological polar surface area (TPSA) is 63.6 Å². The number of nitrogens with zero attached hydrogens (tertiary/aromatic N) is 3. The molecular weight excluding hydrogens is 192 g/mol. The van der Waals surface area contributed by atoms with Crippen LogP contribution in [-0.2, 0) is 0 Å². The minimum Gasteiger partial charge on any atom is -0.307 e. The zero-order chi connectivity index (χ0) is 10.8. The van der Waals surface area contributed by atoms with Gasteiger partial charge in [-0.3, -0.25) is 4.79 Å². The molecule has 0 amide bonds. The minimum absolute atomic E-state index is 0.255. The first-order valence-corrected chi connectivity index (χ1v) is 4.44. The van der Waals surface area contributed by atoms with Gasteiger partial charge in [-0.2, -0.15) is 5.10 Å². The number of hydrogen-bond acceptors (Lipinski definition) is 3. The Balaban J connectivity index is 2.68. The van der Waals surface area contributed by atoms with Crippen LogP contribution in [0, 0.1) is 6.92 Å². The Kier molecular flexibility index (Phi) is 2.21. The van der Waals surface area contributed by atoms with E-state index in [1.165, 1.54) is 0 Å². The zero-order valence-electron chi connectivity index (χ0n) is 8.27. The van der Waals surface area contributed by atoms with E-state index in [0.29, 0.717) is 11.4 Å². The summed E-state index contributed by atoms with van der Waals surface area (Å²) < 4.78 is 1.68. The summed E-state index contributed by atoms with van der Waals surface area (Å²) in [6, 6.07) is 1.70. The molecule has 2 rings (SSSR count). The second-order valence-electron chi connectivity index (χ2n) is 3.09. The molecule has 0 saturated carbocycles. The molecule has 1 N–H and O–H groups in total. The van der Waals surface area contributed by atoms with Crippen molar-refractivity contribution in [2.75, 3.05) is 0 Å². The summed E-state index contributed by atoms with van der Waals surface area (Å²) in [4.78, 5) is 15.6. The summed E-state index contributed by atoms with van der Waals surface area (Å²) in [7, 11) is 0. The molecule has 0 atom stereocenters. The first-order valence-electron chi connectivity index (χ1n) is 4.44. The smallest absolute Gasteiger partial charge is 0.275 e. The normalized spacial score (nSPS) is 10.2. The highest BCUT2D eigenvalue weighted by molar-refractivity contribution is 5.56. The molecule has 76 valence electrons. The van der Waals surface area contributed by atoms with E-state index >= 15 is 0 Å². The van der Waals surface area contributed by atoms with Gasteiger partial charge in [-0.15, -0.1) is 0 Å². The molecule has 0 aliphatic rings. The van der Waals surface area contributed by atoms with E-state index in [4.69, 9.17) is 0 Å². The standard InChI is InChI=1S/C10H10N4O/c1-3-14-5-4-11-9(14)8-6-7(2)12-13-10(8)15/h3-6H,1H2,2H3,(H,13,15). The minimum atomic E-state index is -0.255. The van der Waals surface area contributed by atoms with Crippen LogP contribution in [0.1, 0.15) is 5.69 Å². The predicted octanol–water partition coefficient (Wildman–Crippen LogP) is 1.04. The first kappa shape index (κ1) is 9.39. The summed E-state index contributed by atoms with van der Waals surface area (Å²) in [5.74, 6) is 0.566. The fourth-order valence-electron chi connectivity index (χ4n) is 1.34. The third kappa shape index (κ3) is 1.59. The van der Waals surface area contributed by atoms with Crippen LogP contribution < -0.4 is 5.56 Å². The van der Waals surface area contributed by atoms with E-state index in [1.807, 2.05) is 0 Å². The molecule has 5 nitrogen and oxygen atoms in total. The number of H-pyrrole nitrogens is 1. The summed E-state index contributed by atoms with van der Waals surface area (Å²) in [5, 5.41) is 6.22. The fourth-order valence-corrected chi connectivity index (χ4v) is 1.34. The average Bonchev–Trinajstić information content (AvgIpc) is 2.69. The molecule has 0 unspecified atom stereocenters. The Morgan fingerprint density at radius 3 is 3.13 bits per heavy atom. The van der Waals surface area contributed by atoms with Crippen LogP contribution in [0.3, 0.4) is 0 Å². The lowest BCUT2D eigenvalue weighted by Gasteiger charge is -2.01. The van der Waals surface area contributed by atoms with Crippen molar-refractivity contribution < 1.29 is 0 Å². The molecule has 0 spiro atoms. The maximum Gasteiger partial charge on any atom is 0.275 e. The Labute approximate surface area is 86.1 Å². The molecule has 2 aromatic rings. The molecule has 15 heavy (non-hydrogen) atoms. The molecule has 2 aromatic heterocycles. The Bertz CT molecular complexity index is 553. The number of nitrogens with one attached hydrogen (secondary N) is 1. The van der Waals surface area contributed by atoms with Gasteiger partial charge in [0.15, 0.2) is 0 Å². The molecule has 0 radical (unpaired) electrons. The van der Waals surface area contributed by atoms with E-state index in [-0.39, 0.29) is 5.56 Å². The van der Waals surface area contributed by atoms with Gasteiger partial charge in [0, 0.05) is 18.6 Å². The Morgan fingerprint density at radius 1 is 1.60 bits per heavy atom. The van der Waals surface area contributed by atoms with Crippen molar-refractivity contribution in [1.82, 2.24) is 19.7 Å². The van der Waals surface area contributed by atoms with Crippen molar-refractivity contribution >= 4 is 6.20 Å². The van der Waals surface area contributed by atoms with Gasteiger partial charge >= 0.3 is 0 Å². The number of rotatable bonds is 2. The van der Waals surface area contributed by atoms with Crippen LogP contribution in [0.2, 0.25) is 0 Å². The number of imidazole rings is 1. The monoisotopic (exact) mass is 202 g/mol. The van der Waals surface area contributed by atoms with Crippen LogP contribution in [0.4, 0.5) is 0 Å². The summed E-state index contributed by atoms with van der Waals surface area (Å²) in [6.45, 7) is 5.44. The first-order chi connectivity index (χ1) is 7.22. The molecule has 0 aliphatic carbocycles.